The molecule has 0 radical (unpaired) electrons. The molecule has 0 aromatic carbocycles. The number of carbonyl (C=O) groups is 2. The lowest BCUT2D eigenvalue weighted by Gasteiger charge is -2.62. The van der Waals surface area contributed by atoms with Crippen molar-refractivity contribution >= 4 is 11.9 Å². The molecular formula is C26H43NO5. The quantitative estimate of drug-likeness (QED) is 0.496. The molecule has 4 saturated carbocycles. The van der Waals surface area contributed by atoms with E-state index in [1.807, 2.05) is 0 Å². The van der Waals surface area contributed by atoms with Crippen LogP contribution in [-0.2, 0) is 9.59 Å². The van der Waals surface area contributed by atoms with Gasteiger partial charge in [-0.3, -0.25) is 9.59 Å². The second-order valence-corrected chi connectivity index (χ2v) is 12.1. The van der Waals surface area contributed by atoms with Crippen LogP contribution in [0.2, 0.25) is 0 Å². The van der Waals surface area contributed by atoms with Crippen molar-refractivity contribution in [1.29, 1.82) is 0 Å². The molecule has 4 fully saturated rings. The Morgan fingerprint density at radius 3 is 2.50 bits per heavy atom. The summed E-state index contributed by atoms with van der Waals surface area (Å²) in [6, 6.07) is 0. The van der Waals surface area contributed by atoms with Crippen molar-refractivity contribution in [2.45, 2.75) is 97.2 Å². The predicted octanol–water partition coefficient (Wildman–Crippen LogP) is 3.59. The van der Waals surface area contributed by atoms with Crippen LogP contribution in [-0.4, -0.2) is 45.9 Å². The molecule has 0 aromatic heterocycles. The van der Waals surface area contributed by atoms with Gasteiger partial charge in [0.15, 0.2) is 0 Å². The summed E-state index contributed by atoms with van der Waals surface area (Å²) in [5.74, 6) is 1.84. The van der Waals surface area contributed by atoms with Gasteiger partial charge in [0.25, 0.3) is 0 Å². The average Bonchev–Trinajstić information content (AvgIpc) is 3.10. The Hall–Kier alpha value is -1.14. The first-order valence-corrected chi connectivity index (χ1v) is 12.9. The zero-order valence-electron chi connectivity index (χ0n) is 20.1. The van der Waals surface area contributed by atoms with Gasteiger partial charge < -0.3 is 20.6 Å². The molecule has 0 heterocycles. The SMILES string of the molecule is C[C@@H](CCC(=O)NCC(=O)O)[C@H]1CC[C@H]2[C@@H]3CC[C@H]4C[C@@H](O)CC[C@]4(C)[C@H]3C[C@@H](O)[C@]12C. The number of aliphatic carboxylic acids is 1. The number of hydrogen-bond donors (Lipinski definition) is 4. The van der Waals surface area contributed by atoms with Crippen molar-refractivity contribution in [3.8, 4) is 0 Å². The summed E-state index contributed by atoms with van der Waals surface area (Å²) in [6.45, 7) is 6.65. The summed E-state index contributed by atoms with van der Waals surface area (Å²) < 4.78 is 0. The van der Waals surface area contributed by atoms with Crippen LogP contribution in [0.3, 0.4) is 0 Å². The normalized spacial score (nSPS) is 46.5. The number of fused-ring (bicyclic) bond motifs is 5. The average molecular weight is 450 g/mol. The van der Waals surface area contributed by atoms with Crippen LogP contribution in [0.5, 0.6) is 0 Å². The Labute approximate surface area is 192 Å². The smallest absolute Gasteiger partial charge is 0.322 e. The third-order valence-electron chi connectivity index (χ3n) is 10.8. The molecule has 6 heteroatoms. The third kappa shape index (κ3) is 4.00. The van der Waals surface area contributed by atoms with Crippen molar-refractivity contribution < 1.29 is 24.9 Å². The molecule has 4 aliphatic rings. The largest absolute Gasteiger partial charge is 0.480 e. The molecule has 4 rings (SSSR count). The maximum Gasteiger partial charge on any atom is 0.322 e. The number of aliphatic hydroxyl groups is 2. The van der Waals surface area contributed by atoms with Gasteiger partial charge in [0.05, 0.1) is 12.2 Å². The monoisotopic (exact) mass is 449 g/mol. The molecule has 0 unspecified atom stereocenters. The lowest BCUT2D eigenvalue weighted by molar-refractivity contribution is -0.175. The highest BCUT2D eigenvalue weighted by molar-refractivity contribution is 5.81. The Kier molecular flexibility index (Phi) is 6.68. The number of carboxylic acids is 1. The molecule has 0 aliphatic heterocycles. The minimum absolute atomic E-state index is 0.102. The number of nitrogens with one attached hydrogen (secondary N) is 1. The van der Waals surface area contributed by atoms with Gasteiger partial charge in [-0.05, 0) is 104 Å². The van der Waals surface area contributed by atoms with Crippen molar-refractivity contribution in [3.05, 3.63) is 0 Å². The third-order valence-corrected chi connectivity index (χ3v) is 10.8. The van der Waals surface area contributed by atoms with Crippen molar-refractivity contribution in [3.63, 3.8) is 0 Å². The molecule has 182 valence electrons. The van der Waals surface area contributed by atoms with E-state index in [9.17, 15) is 19.8 Å². The van der Waals surface area contributed by atoms with E-state index in [4.69, 9.17) is 5.11 Å². The van der Waals surface area contributed by atoms with Crippen LogP contribution in [0.15, 0.2) is 0 Å². The van der Waals surface area contributed by atoms with E-state index in [-0.39, 0.29) is 35.5 Å². The molecule has 0 spiro atoms. The summed E-state index contributed by atoms with van der Waals surface area (Å²) >= 11 is 0. The van der Waals surface area contributed by atoms with Crippen LogP contribution >= 0.6 is 0 Å². The van der Waals surface area contributed by atoms with Gasteiger partial charge in [0.1, 0.15) is 6.54 Å². The van der Waals surface area contributed by atoms with Gasteiger partial charge in [-0.15, -0.1) is 0 Å². The van der Waals surface area contributed by atoms with Gasteiger partial charge >= 0.3 is 5.97 Å². The molecular weight excluding hydrogens is 406 g/mol. The lowest BCUT2D eigenvalue weighted by atomic mass is 9.43. The fourth-order valence-corrected chi connectivity index (χ4v) is 8.98. The first-order chi connectivity index (χ1) is 15.1. The minimum Gasteiger partial charge on any atom is -0.480 e. The van der Waals surface area contributed by atoms with Crippen LogP contribution in [0.25, 0.3) is 0 Å². The molecule has 0 saturated heterocycles. The van der Waals surface area contributed by atoms with E-state index in [0.717, 1.165) is 44.9 Å². The predicted molar refractivity (Wildman–Crippen MR) is 122 cm³/mol. The van der Waals surface area contributed by atoms with Gasteiger partial charge in [0.2, 0.25) is 5.91 Å². The standard InChI is InChI=1S/C26H43NO5/c1-15(4-9-23(30)27-14-24(31)32)19-7-8-20-18-6-5-16-12-17(28)10-11-25(16,2)21(18)13-22(29)26(19,20)3/h15-22,28-29H,4-14H2,1-3H3,(H,27,30)(H,31,32)/t15-,16-,17-,18-,19+,20-,21-,22+,25-,26+/m0/s1. The number of carboxylic acid groups (broad SMARTS) is 1. The second kappa shape index (κ2) is 8.90. The van der Waals surface area contributed by atoms with E-state index in [1.165, 1.54) is 12.8 Å². The number of carbonyl (C=O) groups excluding carboxylic acids is 1. The molecule has 6 nitrogen and oxygen atoms in total. The molecule has 0 aromatic rings. The van der Waals surface area contributed by atoms with Crippen LogP contribution in [0, 0.1) is 46.3 Å². The molecule has 32 heavy (non-hydrogen) atoms. The maximum absolute atomic E-state index is 12.0. The van der Waals surface area contributed by atoms with Crippen LogP contribution in [0.4, 0.5) is 0 Å². The molecule has 4 aliphatic carbocycles. The highest BCUT2D eigenvalue weighted by Crippen LogP contribution is 2.68. The number of amides is 1. The number of hydrogen-bond acceptors (Lipinski definition) is 4. The Balaban J connectivity index is 1.45. The van der Waals surface area contributed by atoms with E-state index in [1.54, 1.807) is 0 Å². The van der Waals surface area contributed by atoms with Crippen molar-refractivity contribution in [2.24, 2.45) is 46.3 Å². The molecule has 0 bridgehead atoms. The first-order valence-electron chi connectivity index (χ1n) is 12.9. The first kappa shape index (κ1) is 24.0. The lowest BCUT2D eigenvalue weighted by Crippen LogP contribution is -2.58. The maximum atomic E-state index is 12.0. The fourth-order valence-electron chi connectivity index (χ4n) is 8.98. The summed E-state index contributed by atoms with van der Waals surface area (Å²) in [5, 5.41) is 33.0. The van der Waals surface area contributed by atoms with Crippen LogP contribution in [0.1, 0.15) is 85.0 Å². The Bertz CT molecular complexity index is 727. The van der Waals surface area contributed by atoms with Gasteiger partial charge in [-0.2, -0.15) is 0 Å². The van der Waals surface area contributed by atoms with Crippen LogP contribution < -0.4 is 5.32 Å². The summed E-state index contributed by atoms with van der Waals surface area (Å²) in [6.07, 6.45) is 9.12. The van der Waals surface area contributed by atoms with Gasteiger partial charge in [-0.25, -0.2) is 0 Å². The minimum atomic E-state index is -1.02. The molecule has 10 atom stereocenters. The van der Waals surface area contributed by atoms with Crippen molar-refractivity contribution in [2.75, 3.05) is 6.54 Å². The Morgan fingerprint density at radius 2 is 1.78 bits per heavy atom. The van der Waals surface area contributed by atoms with Gasteiger partial charge in [-0.1, -0.05) is 20.8 Å². The number of aliphatic hydroxyl groups excluding tert-OH is 2. The zero-order valence-corrected chi connectivity index (χ0v) is 20.1. The zero-order chi connectivity index (χ0) is 23.3. The van der Waals surface area contributed by atoms with E-state index >= 15 is 0 Å². The van der Waals surface area contributed by atoms with E-state index < -0.39 is 5.97 Å². The van der Waals surface area contributed by atoms with E-state index in [2.05, 4.69) is 26.1 Å². The topological polar surface area (TPSA) is 107 Å². The molecule has 4 N–H and O–H groups in total. The summed E-state index contributed by atoms with van der Waals surface area (Å²) in [7, 11) is 0. The van der Waals surface area contributed by atoms with Gasteiger partial charge in [0, 0.05) is 6.42 Å². The second-order valence-electron chi connectivity index (χ2n) is 12.1. The van der Waals surface area contributed by atoms with E-state index in [0.29, 0.717) is 41.9 Å². The summed E-state index contributed by atoms with van der Waals surface area (Å²) in [4.78, 5) is 22.7. The number of rotatable bonds is 6. The summed E-state index contributed by atoms with van der Waals surface area (Å²) in [5.41, 5.74) is 0.145. The highest BCUT2D eigenvalue weighted by Gasteiger charge is 2.63. The van der Waals surface area contributed by atoms with Crippen molar-refractivity contribution in [1.82, 2.24) is 5.32 Å². The molecule has 1 amide bonds. The fraction of sp³-hybridized carbons (Fsp3) is 0.923. The highest BCUT2D eigenvalue weighted by atomic mass is 16.4. The Morgan fingerprint density at radius 1 is 1.03 bits per heavy atom.